The summed E-state index contributed by atoms with van der Waals surface area (Å²) in [6.07, 6.45) is 2.48. The quantitative estimate of drug-likeness (QED) is 0.795. The zero-order valence-electron chi connectivity index (χ0n) is 11.3. The van der Waals surface area contributed by atoms with E-state index in [4.69, 9.17) is 4.74 Å². The number of thiazole rings is 1. The van der Waals surface area contributed by atoms with Crippen molar-refractivity contribution in [3.63, 3.8) is 0 Å². The molecule has 0 radical (unpaired) electrons. The minimum atomic E-state index is 0.502. The zero-order chi connectivity index (χ0) is 13.5. The lowest BCUT2D eigenvalue weighted by Gasteiger charge is -2.13. The molecule has 20 heavy (non-hydrogen) atoms. The molecular weight excluding hydrogens is 288 g/mol. The molecule has 2 aromatic heterocycles. The standard InChI is InChI=1S/C15H16N2OS2/c1-9-17-14-13(20-9)7-12(11-4-6-19-15(11)14)18-8-10-3-2-5-16-10/h4,6-7,10,16H,2-3,5,8H2,1H3/t10-/m1/s1. The van der Waals surface area contributed by atoms with E-state index in [1.165, 1.54) is 27.6 Å². The van der Waals surface area contributed by atoms with E-state index in [-0.39, 0.29) is 0 Å². The van der Waals surface area contributed by atoms with E-state index in [1.807, 2.05) is 0 Å². The van der Waals surface area contributed by atoms with Gasteiger partial charge in [-0.3, -0.25) is 0 Å². The second-order valence-corrected chi connectivity index (χ2v) is 7.37. The third-order valence-electron chi connectivity index (χ3n) is 3.77. The molecule has 0 saturated carbocycles. The fourth-order valence-corrected chi connectivity index (χ4v) is 4.63. The van der Waals surface area contributed by atoms with E-state index < -0.39 is 0 Å². The molecule has 0 bridgehead atoms. The van der Waals surface area contributed by atoms with Crippen LogP contribution in [-0.2, 0) is 0 Å². The van der Waals surface area contributed by atoms with Crippen LogP contribution in [-0.4, -0.2) is 24.2 Å². The number of nitrogens with one attached hydrogen (secondary N) is 1. The summed E-state index contributed by atoms with van der Waals surface area (Å²) >= 11 is 3.49. The molecule has 1 saturated heterocycles. The molecule has 3 heterocycles. The largest absolute Gasteiger partial charge is 0.491 e. The molecular formula is C15H16N2OS2. The number of rotatable bonds is 3. The van der Waals surface area contributed by atoms with E-state index in [2.05, 4.69) is 34.7 Å². The molecule has 1 aliphatic heterocycles. The Kier molecular flexibility index (Phi) is 3.13. The first-order chi connectivity index (χ1) is 9.81. The van der Waals surface area contributed by atoms with Crippen LogP contribution < -0.4 is 10.1 Å². The lowest BCUT2D eigenvalue weighted by Crippen LogP contribution is -2.28. The van der Waals surface area contributed by atoms with Crippen LogP contribution in [0.1, 0.15) is 17.8 Å². The normalized spacial score (nSPS) is 19.1. The molecule has 104 valence electrons. The number of fused-ring (bicyclic) bond motifs is 3. The SMILES string of the molecule is Cc1nc2c(cc(OC[C@H]3CCCN3)c3ccsc32)s1. The molecule has 5 heteroatoms. The number of benzene rings is 1. The van der Waals surface area contributed by atoms with Gasteiger partial charge in [-0.1, -0.05) is 0 Å². The highest BCUT2D eigenvalue weighted by Crippen LogP contribution is 2.38. The van der Waals surface area contributed by atoms with Crippen molar-refractivity contribution in [2.75, 3.05) is 13.2 Å². The van der Waals surface area contributed by atoms with E-state index >= 15 is 0 Å². The Morgan fingerprint density at radius 1 is 1.50 bits per heavy atom. The van der Waals surface area contributed by atoms with E-state index in [1.54, 1.807) is 22.7 Å². The molecule has 0 spiro atoms. The van der Waals surface area contributed by atoms with Crippen LogP contribution >= 0.6 is 22.7 Å². The number of hydrogen-bond acceptors (Lipinski definition) is 5. The Morgan fingerprint density at radius 2 is 2.45 bits per heavy atom. The van der Waals surface area contributed by atoms with Crippen LogP contribution in [0, 0.1) is 6.92 Å². The first kappa shape index (κ1) is 12.6. The van der Waals surface area contributed by atoms with Gasteiger partial charge in [-0.15, -0.1) is 22.7 Å². The summed E-state index contributed by atoms with van der Waals surface area (Å²) in [5.41, 5.74) is 1.13. The summed E-state index contributed by atoms with van der Waals surface area (Å²) in [5, 5.41) is 7.92. The van der Waals surface area contributed by atoms with Crippen LogP contribution in [0.5, 0.6) is 5.75 Å². The maximum atomic E-state index is 6.10. The molecule has 0 aliphatic carbocycles. The van der Waals surface area contributed by atoms with Crippen LogP contribution in [0.25, 0.3) is 20.3 Å². The van der Waals surface area contributed by atoms with Crippen molar-refractivity contribution >= 4 is 43.0 Å². The Labute approximate surface area is 125 Å². The minimum absolute atomic E-state index is 0.502. The van der Waals surface area contributed by atoms with Crippen molar-refractivity contribution in [2.24, 2.45) is 0 Å². The molecule has 0 unspecified atom stereocenters. The lowest BCUT2D eigenvalue weighted by atomic mass is 10.2. The molecule has 4 rings (SSSR count). The monoisotopic (exact) mass is 304 g/mol. The van der Waals surface area contributed by atoms with Crippen molar-refractivity contribution in [1.82, 2.24) is 10.3 Å². The van der Waals surface area contributed by atoms with Crippen molar-refractivity contribution in [1.29, 1.82) is 0 Å². The van der Waals surface area contributed by atoms with Gasteiger partial charge in [0, 0.05) is 17.5 Å². The van der Waals surface area contributed by atoms with Crippen molar-refractivity contribution in [2.45, 2.75) is 25.8 Å². The molecule has 3 nitrogen and oxygen atoms in total. The van der Waals surface area contributed by atoms with Gasteiger partial charge >= 0.3 is 0 Å². The molecule has 1 N–H and O–H groups in total. The Hall–Kier alpha value is -1.17. The van der Waals surface area contributed by atoms with Gasteiger partial charge in [0.05, 0.1) is 19.9 Å². The smallest absolute Gasteiger partial charge is 0.129 e. The van der Waals surface area contributed by atoms with Crippen molar-refractivity contribution in [3.05, 3.63) is 22.5 Å². The summed E-state index contributed by atoms with van der Waals surface area (Å²) in [6, 6.07) is 4.80. The Balaban J connectivity index is 1.74. The van der Waals surface area contributed by atoms with Crippen molar-refractivity contribution < 1.29 is 4.74 Å². The maximum absolute atomic E-state index is 6.10. The lowest BCUT2D eigenvalue weighted by molar-refractivity contribution is 0.280. The Bertz CT molecular complexity index is 756. The Morgan fingerprint density at radius 3 is 3.30 bits per heavy atom. The average molecular weight is 304 g/mol. The fraction of sp³-hybridized carbons (Fsp3) is 0.400. The second-order valence-electron chi connectivity index (χ2n) is 5.22. The molecule has 0 amide bonds. The summed E-state index contributed by atoms with van der Waals surface area (Å²) in [5.74, 6) is 1.01. The van der Waals surface area contributed by atoms with Crippen LogP contribution in [0.4, 0.5) is 0 Å². The van der Waals surface area contributed by atoms with E-state index in [9.17, 15) is 0 Å². The summed E-state index contributed by atoms with van der Waals surface area (Å²) in [4.78, 5) is 4.65. The number of aryl methyl sites for hydroxylation is 1. The predicted octanol–water partition coefficient (Wildman–Crippen LogP) is 3.95. The predicted molar refractivity (Wildman–Crippen MR) is 86.3 cm³/mol. The van der Waals surface area contributed by atoms with Crippen LogP contribution in [0.2, 0.25) is 0 Å². The van der Waals surface area contributed by atoms with Gasteiger partial charge in [-0.2, -0.15) is 0 Å². The highest BCUT2D eigenvalue weighted by Gasteiger charge is 2.17. The van der Waals surface area contributed by atoms with Crippen LogP contribution in [0.3, 0.4) is 0 Å². The summed E-state index contributed by atoms with van der Waals surface area (Å²) < 4.78 is 8.58. The van der Waals surface area contributed by atoms with Gasteiger partial charge in [0.2, 0.25) is 0 Å². The highest BCUT2D eigenvalue weighted by atomic mass is 32.1. The molecule has 1 aromatic carbocycles. The number of aromatic nitrogens is 1. The minimum Gasteiger partial charge on any atom is -0.491 e. The van der Waals surface area contributed by atoms with Crippen molar-refractivity contribution in [3.8, 4) is 5.75 Å². The number of nitrogens with zero attached hydrogens (tertiary/aromatic N) is 1. The van der Waals surface area contributed by atoms with Gasteiger partial charge in [-0.05, 0) is 37.8 Å². The van der Waals surface area contributed by atoms with Gasteiger partial charge in [0.15, 0.2) is 0 Å². The highest BCUT2D eigenvalue weighted by molar-refractivity contribution is 7.21. The average Bonchev–Trinajstić information content (AvgIpc) is 3.15. The molecule has 1 fully saturated rings. The summed E-state index contributed by atoms with van der Waals surface area (Å²) in [7, 11) is 0. The first-order valence-corrected chi connectivity index (χ1v) is 8.64. The number of thiophene rings is 1. The van der Waals surface area contributed by atoms with E-state index in [0.717, 1.165) is 29.4 Å². The van der Waals surface area contributed by atoms with Crippen LogP contribution in [0.15, 0.2) is 17.5 Å². The van der Waals surface area contributed by atoms with Gasteiger partial charge < -0.3 is 10.1 Å². The van der Waals surface area contributed by atoms with Gasteiger partial charge in [0.1, 0.15) is 12.4 Å². The number of hydrogen-bond donors (Lipinski definition) is 1. The third-order valence-corrected chi connectivity index (χ3v) is 5.61. The zero-order valence-corrected chi connectivity index (χ0v) is 12.9. The summed E-state index contributed by atoms with van der Waals surface area (Å²) in [6.45, 7) is 3.94. The fourth-order valence-electron chi connectivity index (χ4n) is 2.80. The third kappa shape index (κ3) is 2.10. The maximum Gasteiger partial charge on any atom is 0.129 e. The second kappa shape index (κ2) is 4.98. The van der Waals surface area contributed by atoms with Gasteiger partial charge in [-0.25, -0.2) is 4.98 Å². The molecule has 1 aliphatic rings. The molecule has 1 atom stereocenters. The topological polar surface area (TPSA) is 34.1 Å². The first-order valence-electron chi connectivity index (χ1n) is 6.95. The van der Waals surface area contributed by atoms with E-state index in [0.29, 0.717) is 6.04 Å². The molecule has 3 aromatic rings. The van der Waals surface area contributed by atoms with Gasteiger partial charge in [0.25, 0.3) is 0 Å². The number of ether oxygens (including phenoxy) is 1.